The average molecular weight is 460 g/mol. The lowest BCUT2D eigenvalue weighted by Gasteiger charge is -2.34. The van der Waals surface area contributed by atoms with Gasteiger partial charge in [0.2, 0.25) is 0 Å². The first-order valence-corrected chi connectivity index (χ1v) is 10.7. The van der Waals surface area contributed by atoms with Gasteiger partial charge >= 0.3 is 6.61 Å². The number of halogens is 3. The zero-order chi connectivity index (χ0) is 22.7. The van der Waals surface area contributed by atoms with Gasteiger partial charge in [-0.3, -0.25) is 9.59 Å². The summed E-state index contributed by atoms with van der Waals surface area (Å²) in [5, 5.41) is 0. The Bertz CT molecular complexity index is 1110. The second-order valence-electron chi connectivity index (χ2n) is 7.13. The first-order chi connectivity index (χ1) is 15.4. The molecule has 1 aliphatic heterocycles. The molecule has 1 saturated heterocycles. The van der Waals surface area contributed by atoms with Gasteiger partial charge in [-0.15, -0.1) is 11.3 Å². The van der Waals surface area contributed by atoms with Crippen molar-refractivity contribution in [2.45, 2.75) is 6.61 Å². The molecule has 0 spiro atoms. The third kappa shape index (κ3) is 4.77. The van der Waals surface area contributed by atoms with Gasteiger partial charge in [-0.25, -0.2) is 4.39 Å². The maximum absolute atomic E-state index is 13.1. The number of para-hydroxylation sites is 1. The van der Waals surface area contributed by atoms with Crippen LogP contribution in [0.5, 0.6) is 5.75 Å². The van der Waals surface area contributed by atoms with Crippen molar-refractivity contribution in [3.05, 3.63) is 76.9 Å². The molecular weight excluding hydrogens is 441 g/mol. The topological polar surface area (TPSA) is 49.9 Å². The summed E-state index contributed by atoms with van der Waals surface area (Å²) >= 11 is 1.32. The van der Waals surface area contributed by atoms with Crippen LogP contribution in [0.25, 0.3) is 10.4 Å². The molecule has 0 N–H and O–H groups in total. The molecular formula is C23H19F3N2O3S. The van der Waals surface area contributed by atoms with Crippen LogP contribution < -0.4 is 4.74 Å². The van der Waals surface area contributed by atoms with Crippen molar-refractivity contribution in [2.75, 3.05) is 26.2 Å². The minimum absolute atomic E-state index is 0.0646. The SMILES string of the molecule is O=C(c1ccc(-c2ccc(F)cc2)s1)N1CCN(C(=O)c2ccccc2OC(F)F)CC1. The summed E-state index contributed by atoms with van der Waals surface area (Å²) in [5.41, 5.74) is 0.894. The van der Waals surface area contributed by atoms with Crippen LogP contribution in [-0.4, -0.2) is 54.4 Å². The monoisotopic (exact) mass is 460 g/mol. The first-order valence-electron chi connectivity index (χ1n) is 9.90. The van der Waals surface area contributed by atoms with Gasteiger partial charge in [0.1, 0.15) is 11.6 Å². The number of ether oxygens (including phenoxy) is 1. The van der Waals surface area contributed by atoms with Crippen LogP contribution in [0.15, 0.2) is 60.7 Å². The molecule has 0 radical (unpaired) electrons. The van der Waals surface area contributed by atoms with E-state index in [1.807, 2.05) is 6.07 Å². The molecule has 1 aromatic heterocycles. The van der Waals surface area contributed by atoms with Gasteiger partial charge in [0.05, 0.1) is 10.4 Å². The second kappa shape index (κ2) is 9.44. The Kier molecular flexibility index (Phi) is 6.45. The van der Waals surface area contributed by atoms with E-state index in [-0.39, 0.29) is 36.1 Å². The van der Waals surface area contributed by atoms with Crippen molar-refractivity contribution >= 4 is 23.2 Å². The number of carbonyl (C=O) groups is 2. The van der Waals surface area contributed by atoms with Gasteiger partial charge in [-0.05, 0) is 42.0 Å². The van der Waals surface area contributed by atoms with Crippen molar-refractivity contribution < 1.29 is 27.5 Å². The number of hydrogen-bond acceptors (Lipinski definition) is 4. The fraction of sp³-hybridized carbons (Fsp3) is 0.217. The molecule has 0 aliphatic carbocycles. The minimum Gasteiger partial charge on any atom is -0.434 e. The van der Waals surface area contributed by atoms with E-state index < -0.39 is 12.5 Å². The van der Waals surface area contributed by atoms with Crippen molar-refractivity contribution in [3.63, 3.8) is 0 Å². The number of piperazine rings is 1. The third-order valence-corrected chi connectivity index (χ3v) is 6.26. The molecule has 0 unspecified atom stereocenters. The largest absolute Gasteiger partial charge is 0.434 e. The Balaban J connectivity index is 1.39. The molecule has 5 nitrogen and oxygen atoms in total. The zero-order valence-corrected chi connectivity index (χ0v) is 17.7. The highest BCUT2D eigenvalue weighted by Gasteiger charge is 2.28. The van der Waals surface area contributed by atoms with Crippen molar-refractivity contribution in [1.82, 2.24) is 9.80 Å². The first kappa shape index (κ1) is 21.9. The van der Waals surface area contributed by atoms with E-state index in [1.54, 1.807) is 29.2 Å². The van der Waals surface area contributed by atoms with Gasteiger partial charge in [0.25, 0.3) is 11.8 Å². The Hall–Kier alpha value is -3.33. The number of thiophene rings is 1. The quantitative estimate of drug-likeness (QED) is 0.552. The number of amides is 2. The molecule has 3 aromatic rings. The smallest absolute Gasteiger partial charge is 0.387 e. The van der Waals surface area contributed by atoms with Crippen LogP contribution in [-0.2, 0) is 0 Å². The molecule has 1 fully saturated rings. The standard InChI is InChI=1S/C23H19F3N2O3S/c24-16-7-5-15(6-8-16)19-9-10-20(32-19)22(30)28-13-11-27(12-14-28)21(29)17-3-1-2-4-18(17)31-23(25)26/h1-10,23H,11-14H2. The van der Waals surface area contributed by atoms with Gasteiger partial charge in [0.15, 0.2) is 0 Å². The van der Waals surface area contributed by atoms with Gasteiger partial charge in [0, 0.05) is 31.1 Å². The number of hydrogen-bond donors (Lipinski definition) is 0. The summed E-state index contributed by atoms with van der Waals surface area (Å²) in [5.74, 6) is -1.05. The highest BCUT2D eigenvalue weighted by Crippen LogP contribution is 2.29. The van der Waals surface area contributed by atoms with Crippen molar-refractivity contribution in [1.29, 1.82) is 0 Å². The second-order valence-corrected chi connectivity index (χ2v) is 8.21. The van der Waals surface area contributed by atoms with E-state index in [0.29, 0.717) is 18.0 Å². The van der Waals surface area contributed by atoms with Gasteiger partial charge in [-0.1, -0.05) is 24.3 Å². The Morgan fingerprint density at radius 1 is 0.844 bits per heavy atom. The molecule has 32 heavy (non-hydrogen) atoms. The normalized spacial score (nSPS) is 14.0. The lowest BCUT2D eigenvalue weighted by molar-refractivity contribution is -0.0503. The minimum atomic E-state index is -3.02. The number of carbonyl (C=O) groups excluding carboxylic acids is 2. The zero-order valence-electron chi connectivity index (χ0n) is 16.8. The van der Waals surface area contributed by atoms with E-state index >= 15 is 0 Å². The van der Waals surface area contributed by atoms with Gasteiger partial charge < -0.3 is 14.5 Å². The highest BCUT2D eigenvalue weighted by molar-refractivity contribution is 7.17. The number of alkyl halides is 2. The lowest BCUT2D eigenvalue weighted by atomic mass is 10.1. The molecule has 2 heterocycles. The Labute approximate surface area is 186 Å². The molecule has 0 saturated carbocycles. The summed E-state index contributed by atoms with van der Waals surface area (Å²) in [4.78, 5) is 30.3. The summed E-state index contributed by atoms with van der Waals surface area (Å²) in [6.07, 6.45) is 0. The number of nitrogens with zero attached hydrogens (tertiary/aromatic N) is 2. The molecule has 166 valence electrons. The van der Waals surface area contributed by atoms with E-state index in [4.69, 9.17) is 0 Å². The number of benzene rings is 2. The maximum atomic E-state index is 13.1. The highest BCUT2D eigenvalue weighted by atomic mass is 32.1. The van der Waals surface area contributed by atoms with Crippen LogP contribution in [0.3, 0.4) is 0 Å². The molecule has 4 rings (SSSR count). The van der Waals surface area contributed by atoms with E-state index in [1.165, 1.54) is 46.6 Å². The van der Waals surface area contributed by atoms with Crippen LogP contribution in [0.2, 0.25) is 0 Å². The van der Waals surface area contributed by atoms with E-state index in [9.17, 15) is 22.8 Å². The molecule has 1 aliphatic rings. The lowest BCUT2D eigenvalue weighted by Crippen LogP contribution is -2.50. The van der Waals surface area contributed by atoms with Crippen LogP contribution in [0.4, 0.5) is 13.2 Å². The molecule has 2 amide bonds. The van der Waals surface area contributed by atoms with E-state index in [0.717, 1.165) is 10.4 Å². The summed E-state index contributed by atoms with van der Waals surface area (Å²) < 4.78 is 42.8. The van der Waals surface area contributed by atoms with Gasteiger partial charge in [-0.2, -0.15) is 8.78 Å². The fourth-order valence-corrected chi connectivity index (χ4v) is 4.48. The molecule has 0 bridgehead atoms. The summed E-state index contributed by atoms with van der Waals surface area (Å²) in [6.45, 7) is -1.81. The Morgan fingerprint density at radius 2 is 1.47 bits per heavy atom. The molecule has 2 aromatic carbocycles. The van der Waals surface area contributed by atoms with Crippen LogP contribution in [0.1, 0.15) is 20.0 Å². The number of rotatable bonds is 5. The Morgan fingerprint density at radius 3 is 2.12 bits per heavy atom. The molecule has 9 heteroatoms. The summed E-state index contributed by atoms with van der Waals surface area (Å²) in [7, 11) is 0. The van der Waals surface area contributed by atoms with E-state index in [2.05, 4.69) is 4.74 Å². The maximum Gasteiger partial charge on any atom is 0.387 e. The average Bonchev–Trinajstić information content (AvgIpc) is 3.29. The predicted octanol–water partition coefficient (Wildman–Crippen LogP) is 4.75. The fourth-order valence-electron chi connectivity index (χ4n) is 3.50. The van der Waals surface area contributed by atoms with Crippen LogP contribution >= 0.6 is 11.3 Å². The third-order valence-electron chi connectivity index (χ3n) is 5.13. The predicted molar refractivity (Wildman–Crippen MR) is 115 cm³/mol. The molecule has 0 atom stereocenters. The van der Waals surface area contributed by atoms with Crippen LogP contribution in [0, 0.1) is 5.82 Å². The van der Waals surface area contributed by atoms with Crippen molar-refractivity contribution in [3.8, 4) is 16.2 Å². The van der Waals surface area contributed by atoms with Crippen molar-refractivity contribution in [2.24, 2.45) is 0 Å². The summed E-state index contributed by atoms with van der Waals surface area (Å²) in [6, 6.07) is 15.5.